The second-order valence-corrected chi connectivity index (χ2v) is 8.96. The Kier molecular flexibility index (Phi) is 5.36. The van der Waals surface area contributed by atoms with Crippen molar-refractivity contribution in [3.8, 4) is 0 Å². The number of benzene rings is 1. The Hall–Kier alpha value is -2.37. The normalized spacial score (nSPS) is 27.5. The molecule has 6 nitrogen and oxygen atoms in total. The Labute approximate surface area is 172 Å². The van der Waals surface area contributed by atoms with Gasteiger partial charge in [0.05, 0.1) is 6.04 Å². The Morgan fingerprint density at radius 2 is 1.97 bits per heavy atom. The number of carbonyl (C=O) groups is 3. The molecule has 0 radical (unpaired) electrons. The molecule has 0 bridgehead atoms. The molecule has 3 atom stereocenters. The van der Waals surface area contributed by atoms with Crippen molar-refractivity contribution < 1.29 is 14.4 Å². The molecule has 1 spiro atoms. The summed E-state index contributed by atoms with van der Waals surface area (Å²) >= 11 is 0. The highest BCUT2D eigenvalue weighted by molar-refractivity contribution is 6.09. The van der Waals surface area contributed by atoms with E-state index in [1.807, 2.05) is 13.8 Å². The molecule has 4 rings (SSSR count). The summed E-state index contributed by atoms with van der Waals surface area (Å²) in [5, 5.41) is 5.86. The van der Waals surface area contributed by atoms with Crippen molar-refractivity contribution in [2.75, 3.05) is 6.54 Å². The molecule has 1 saturated carbocycles. The van der Waals surface area contributed by atoms with Crippen molar-refractivity contribution in [1.82, 2.24) is 15.5 Å². The molecular weight excluding hydrogens is 366 g/mol. The molecule has 0 aromatic heterocycles. The van der Waals surface area contributed by atoms with Gasteiger partial charge in [-0.05, 0) is 68.1 Å². The number of nitrogens with one attached hydrogen (secondary N) is 2. The van der Waals surface area contributed by atoms with Crippen molar-refractivity contribution >= 4 is 17.8 Å². The number of carbonyl (C=O) groups excluding carboxylic acids is 3. The van der Waals surface area contributed by atoms with E-state index in [4.69, 9.17) is 0 Å². The van der Waals surface area contributed by atoms with Gasteiger partial charge in [0, 0.05) is 0 Å². The van der Waals surface area contributed by atoms with E-state index in [9.17, 15) is 14.4 Å². The maximum Gasteiger partial charge on any atom is 0.325 e. The third-order valence-electron chi connectivity index (χ3n) is 7.05. The van der Waals surface area contributed by atoms with Crippen LogP contribution in [0.4, 0.5) is 4.79 Å². The first-order valence-corrected chi connectivity index (χ1v) is 11.0. The molecule has 156 valence electrons. The van der Waals surface area contributed by atoms with Crippen molar-refractivity contribution in [2.45, 2.75) is 76.8 Å². The van der Waals surface area contributed by atoms with Crippen LogP contribution < -0.4 is 10.6 Å². The molecular formula is C23H31N3O3. The minimum atomic E-state index is -0.820. The van der Waals surface area contributed by atoms with Gasteiger partial charge in [0.25, 0.3) is 5.91 Å². The first-order chi connectivity index (χ1) is 13.9. The van der Waals surface area contributed by atoms with Gasteiger partial charge in [0.1, 0.15) is 12.1 Å². The third kappa shape index (κ3) is 3.65. The molecule has 3 unspecified atom stereocenters. The number of hydrogen-bond acceptors (Lipinski definition) is 3. The molecule has 2 fully saturated rings. The van der Waals surface area contributed by atoms with Gasteiger partial charge in [-0.25, -0.2) is 4.79 Å². The molecule has 1 aromatic carbocycles. The quantitative estimate of drug-likeness (QED) is 0.766. The lowest BCUT2D eigenvalue weighted by Gasteiger charge is -2.36. The number of hydrogen-bond donors (Lipinski definition) is 2. The van der Waals surface area contributed by atoms with Gasteiger partial charge in [-0.1, -0.05) is 38.0 Å². The summed E-state index contributed by atoms with van der Waals surface area (Å²) in [6, 6.07) is 5.81. The van der Waals surface area contributed by atoms with Crippen LogP contribution >= 0.6 is 0 Å². The predicted molar refractivity (Wildman–Crippen MR) is 110 cm³/mol. The molecule has 2 aliphatic carbocycles. The summed E-state index contributed by atoms with van der Waals surface area (Å²) in [6.45, 7) is 3.73. The van der Waals surface area contributed by atoms with Crippen molar-refractivity contribution in [3.63, 3.8) is 0 Å². The molecule has 29 heavy (non-hydrogen) atoms. The SMILES string of the molecule is CC(NC(=O)CN1C(=O)NC2(CCCCC2C)C1=O)c1ccc2c(c1)CCCC2. The van der Waals surface area contributed by atoms with Gasteiger partial charge in [-0.15, -0.1) is 0 Å². The largest absolute Gasteiger partial charge is 0.348 e. The van der Waals surface area contributed by atoms with E-state index in [1.54, 1.807) is 0 Å². The van der Waals surface area contributed by atoms with E-state index in [2.05, 4.69) is 28.8 Å². The van der Waals surface area contributed by atoms with Gasteiger partial charge in [-0.3, -0.25) is 14.5 Å². The molecule has 2 N–H and O–H groups in total. The summed E-state index contributed by atoms with van der Waals surface area (Å²) in [5.41, 5.74) is 3.02. The highest BCUT2D eigenvalue weighted by Crippen LogP contribution is 2.38. The third-order valence-corrected chi connectivity index (χ3v) is 7.05. The Morgan fingerprint density at radius 3 is 2.72 bits per heavy atom. The topological polar surface area (TPSA) is 78.5 Å². The molecule has 6 heteroatoms. The number of urea groups is 1. The van der Waals surface area contributed by atoms with Crippen LogP contribution in [0.3, 0.4) is 0 Å². The molecule has 1 aromatic rings. The minimum absolute atomic E-state index is 0.0928. The van der Waals surface area contributed by atoms with E-state index < -0.39 is 11.6 Å². The van der Waals surface area contributed by atoms with Gasteiger partial charge in [0.2, 0.25) is 5.91 Å². The highest BCUT2D eigenvalue weighted by Gasteiger charge is 2.55. The Bertz CT molecular complexity index is 837. The highest BCUT2D eigenvalue weighted by atomic mass is 16.2. The fourth-order valence-corrected chi connectivity index (χ4v) is 5.18. The number of aryl methyl sites for hydroxylation is 2. The molecule has 3 aliphatic rings. The number of fused-ring (bicyclic) bond motifs is 1. The van der Waals surface area contributed by atoms with Gasteiger partial charge < -0.3 is 10.6 Å². The van der Waals surface area contributed by atoms with E-state index in [0.29, 0.717) is 6.42 Å². The van der Waals surface area contributed by atoms with Crippen molar-refractivity contribution in [2.24, 2.45) is 5.92 Å². The fraction of sp³-hybridized carbons (Fsp3) is 0.609. The van der Waals surface area contributed by atoms with Gasteiger partial charge in [0.15, 0.2) is 0 Å². The lowest BCUT2D eigenvalue weighted by atomic mass is 9.73. The predicted octanol–water partition coefficient (Wildman–Crippen LogP) is 3.24. The van der Waals surface area contributed by atoms with E-state index in [1.165, 1.54) is 24.0 Å². The maximum atomic E-state index is 13.0. The van der Waals surface area contributed by atoms with Crippen LogP contribution in [-0.2, 0) is 22.4 Å². The van der Waals surface area contributed by atoms with E-state index in [-0.39, 0.29) is 30.3 Å². The first-order valence-electron chi connectivity index (χ1n) is 11.0. The maximum absolute atomic E-state index is 13.0. The smallest absolute Gasteiger partial charge is 0.325 e. The zero-order valence-corrected chi connectivity index (χ0v) is 17.4. The number of nitrogens with zero attached hydrogens (tertiary/aromatic N) is 1. The van der Waals surface area contributed by atoms with Gasteiger partial charge >= 0.3 is 6.03 Å². The summed E-state index contributed by atoms with van der Waals surface area (Å²) < 4.78 is 0. The fourth-order valence-electron chi connectivity index (χ4n) is 5.18. The number of amides is 4. The van der Waals surface area contributed by atoms with Crippen LogP contribution in [-0.4, -0.2) is 34.8 Å². The van der Waals surface area contributed by atoms with Crippen LogP contribution in [0.1, 0.15) is 75.1 Å². The monoisotopic (exact) mass is 397 g/mol. The molecule has 1 aliphatic heterocycles. The summed E-state index contributed by atoms with van der Waals surface area (Å²) in [5.74, 6) is -0.458. The van der Waals surface area contributed by atoms with Crippen molar-refractivity contribution in [3.05, 3.63) is 34.9 Å². The standard InChI is InChI=1S/C23H31N3O3/c1-15-7-5-6-12-23(15)21(28)26(22(29)25-23)14-20(27)24-16(2)18-11-10-17-8-3-4-9-19(17)13-18/h10-11,13,15-16H,3-9,12,14H2,1-2H3,(H,24,27)(H,25,29). The first kappa shape index (κ1) is 19.9. The minimum Gasteiger partial charge on any atom is -0.348 e. The number of rotatable bonds is 4. The average molecular weight is 398 g/mol. The number of imide groups is 1. The zero-order chi connectivity index (χ0) is 20.6. The van der Waals surface area contributed by atoms with Crippen LogP contribution in [0, 0.1) is 5.92 Å². The second-order valence-electron chi connectivity index (χ2n) is 8.96. The van der Waals surface area contributed by atoms with Crippen LogP contribution in [0.25, 0.3) is 0 Å². The van der Waals surface area contributed by atoms with E-state index >= 15 is 0 Å². The second kappa shape index (κ2) is 7.81. The summed E-state index contributed by atoms with van der Waals surface area (Å²) in [7, 11) is 0. The molecule has 1 heterocycles. The van der Waals surface area contributed by atoms with E-state index in [0.717, 1.165) is 42.6 Å². The van der Waals surface area contributed by atoms with Crippen molar-refractivity contribution in [1.29, 1.82) is 0 Å². The Balaban J connectivity index is 1.40. The lowest BCUT2D eigenvalue weighted by molar-refractivity contribution is -0.137. The van der Waals surface area contributed by atoms with Gasteiger partial charge in [-0.2, -0.15) is 0 Å². The average Bonchev–Trinajstić information content (AvgIpc) is 2.94. The molecule has 1 saturated heterocycles. The molecule has 4 amide bonds. The Morgan fingerprint density at radius 1 is 1.21 bits per heavy atom. The lowest BCUT2D eigenvalue weighted by Crippen LogP contribution is -2.54. The summed E-state index contributed by atoms with van der Waals surface area (Å²) in [6.07, 6.45) is 8.24. The summed E-state index contributed by atoms with van der Waals surface area (Å²) in [4.78, 5) is 39.2. The van der Waals surface area contributed by atoms with Crippen LogP contribution in [0.15, 0.2) is 18.2 Å². The zero-order valence-electron chi connectivity index (χ0n) is 17.4. The van der Waals surface area contributed by atoms with Crippen LogP contribution in [0.5, 0.6) is 0 Å². The van der Waals surface area contributed by atoms with Crippen LogP contribution in [0.2, 0.25) is 0 Å².